The largest absolute Gasteiger partial charge is 0.488 e. The van der Waals surface area contributed by atoms with Crippen LogP contribution in [0.2, 0.25) is 5.02 Å². The number of halogens is 1. The molecule has 3 rings (SSSR count). The van der Waals surface area contributed by atoms with Gasteiger partial charge in [0.2, 0.25) is 0 Å². The van der Waals surface area contributed by atoms with Crippen molar-refractivity contribution in [2.45, 2.75) is 0 Å². The van der Waals surface area contributed by atoms with Gasteiger partial charge in [0, 0.05) is 7.05 Å². The van der Waals surface area contributed by atoms with E-state index in [9.17, 15) is 9.59 Å². The molecule has 7 heteroatoms. The summed E-state index contributed by atoms with van der Waals surface area (Å²) in [5.41, 5.74) is 0.797. The lowest BCUT2D eigenvalue weighted by atomic mass is 10.1. The number of nitrogens with zero attached hydrogens (tertiary/aromatic N) is 1. The maximum atomic E-state index is 12.6. The fourth-order valence-corrected chi connectivity index (χ4v) is 3.43. The molecule has 28 heavy (non-hydrogen) atoms. The Kier molecular flexibility index (Phi) is 6.68. The van der Waals surface area contributed by atoms with Crippen molar-refractivity contribution >= 4 is 40.5 Å². The molecule has 0 aliphatic rings. The Morgan fingerprint density at radius 2 is 1.75 bits per heavy atom. The van der Waals surface area contributed by atoms with Gasteiger partial charge in [-0.3, -0.25) is 4.79 Å². The first kappa shape index (κ1) is 19.9. The van der Waals surface area contributed by atoms with Crippen LogP contribution in [0.3, 0.4) is 0 Å². The Balaban J connectivity index is 1.62. The van der Waals surface area contributed by atoms with Crippen LogP contribution in [0.1, 0.15) is 20.0 Å². The molecule has 3 aromatic rings. The van der Waals surface area contributed by atoms with E-state index < -0.39 is 5.97 Å². The number of hydrogen-bond donors (Lipinski definition) is 0. The summed E-state index contributed by atoms with van der Waals surface area (Å²) >= 11 is 7.37. The number of hydrogen-bond acceptors (Lipinski definition) is 5. The highest BCUT2D eigenvalue weighted by Crippen LogP contribution is 2.24. The van der Waals surface area contributed by atoms with E-state index in [1.165, 1.54) is 16.2 Å². The zero-order valence-electron chi connectivity index (χ0n) is 15.1. The fourth-order valence-electron chi connectivity index (χ4n) is 2.54. The van der Waals surface area contributed by atoms with E-state index in [-0.39, 0.29) is 19.1 Å². The van der Waals surface area contributed by atoms with E-state index in [0.29, 0.717) is 26.9 Å². The number of thiophene rings is 1. The average molecular weight is 416 g/mol. The summed E-state index contributed by atoms with van der Waals surface area (Å²) in [6.45, 7) is 0.225. The summed E-state index contributed by atoms with van der Waals surface area (Å²) in [5, 5.41) is 2.33. The van der Waals surface area contributed by atoms with Gasteiger partial charge >= 0.3 is 5.97 Å². The maximum absolute atomic E-state index is 12.6. The lowest BCUT2D eigenvalue weighted by Gasteiger charge is -2.19. The smallest absolute Gasteiger partial charge is 0.340 e. The summed E-state index contributed by atoms with van der Waals surface area (Å²) in [6.07, 6.45) is 0. The van der Waals surface area contributed by atoms with Gasteiger partial charge in [0.25, 0.3) is 5.91 Å². The standard InChI is InChI=1S/C21H18ClNO4S/c1-23(20(24)19-11-6-14-28-19)17-9-4-2-7-15(17)21(25)27-13-12-26-18-10-5-3-8-16(18)22/h2-11,14H,12-13H2,1H3. The first-order valence-electron chi connectivity index (χ1n) is 8.53. The first-order chi connectivity index (χ1) is 13.6. The second-order valence-electron chi connectivity index (χ2n) is 5.77. The van der Waals surface area contributed by atoms with Gasteiger partial charge in [0.05, 0.1) is 21.2 Å². The molecule has 5 nitrogen and oxygen atoms in total. The van der Waals surface area contributed by atoms with Crippen molar-refractivity contribution in [1.82, 2.24) is 0 Å². The minimum Gasteiger partial charge on any atom is -0.488 e. The molecular formula is C21H18ClNO4S. The van der Waals surface area contributed by atoms with Gasteiger partial charge in [-0.2, -0.15) is 0 Å². The number of esters is 1. The van der Waals surface area contributed by atoms with Crippen molar-refractivity contribution in [2.24, 2.45) is 0 Å². The lowest BCUT2D eigenvalue weighted by molar-refractivity contribution is 0.0451. The number of ether oxygens (including phenoxy) is 2. The summed E-state index contributed by atoms with van der Waals surface area (Å²) < 4.78 is 10.8. The molecule has 0 bridgehead atoms. The molecule has 144 valence electrons. The van der Waals surface area contributed by atoms with Gasteiger partial charge in [-0.15, -0.1) is 11.3 Å². The lowest BCUT2D eigenvalue weighted by Crippen LogP contribution is -2.27. The van der Waals surface area contributed by atoms with Crippen LogP contribution in [0, 0.1) is 0 Å². The van der Waals surface area contributed by atoms with Gasteiger partial charge in [0.15, 0.2) is 0 Å². The van der Waals surface area contributed by atoms with Crippen molar-refractivity contribution in [1.29, 1.82) is 0 Å². The Bertz CT molecular complexity index is 959. The summed E-state index contributed by atoms with van der Waals surface area (Å²) in [4.78, 5) is 27.1. The number of rotatable bonds is 7. The normalized spacial score (nSPS) is 10.4. The first-order valence-corrected chi connectivity index (χ1v) is 9.78. The summed E-state index contributed by atoms with van der Waals surface area (Å²) in [5.74, 6) is -0.177. The Morgan fingerprint density at radius 3 is 2.50 bits per heavy atom. The molecule has 0 spiro atoms. The number of anilines is 1. The highest BCUT2D eigenvalue weighted by molar-refractivity contribution is 7.12. The second kappa shape index (κ2) is 9.39. The second-order valence-corrected chi connectivity index (χ2v) is 7.13. The van der Waals surface area contributed by atoms with Crippen LogP contribution in [-0.2, 0) is 4.74 Å². The monoisotopic (exact) mass is 415 g/mol. The molecular weight excluding hydrogens is 398 g/mol. The van der Waals surface area contributed by atoms with Crippen molar-refractivity contribution in [2.75, 3.05) is 25.2 Å². The molecule has 0 saturated carbocycles. The van der Waals surface area contributed by atoms with Gasteiger partial charge < -0.3 is 14.4 Å². The topological polar surface area (TPSA) is 55.8 Å². The predicted molar refractivity (Wildman–Crippen MR) is 111 cm³/mol. The highest BCUT2D eigenvalue weighted by atomic mass is 35.5. The fraction of sp³-hybridized carbons (Fsp3) is 0.143. The van der Waals surface area contributed by atoms with Gasteiger partial charge in [-0.05, 0) is 35.7 Å². The maximum Gasteiger partial charge on any atom is 0.340 e. The van der Waals surface area contributed by atoms with Gasteiger partial charge in [0.1, 0.15) is 19.0 Å². The van der Waals surface area contributed by atoms with E-state index >= 15 is 0 Å². The molecule has 1 heterocycles. The Labute approximate surface area is 172 Å². The number of benzene rings is 2. The molecule has 0 atom stereocenters. The van der Waals surface area contributed by atoms with Crippen LogP contribution in [0.15, 0.2) is 66.0 Å². The van der Waals surface area contributed by atoms with Crippen LogP contribution in [-0.4, -0.2) is 32.1 Å². The molecule has 0 fully saturated rings. The highest BCUT2D eigenvalue weighted by Gasteiger charge is 2.21. The predicted octanol–water partition coefficient (Wildman–Crippen LogP) is 4.91. The third-order valence-corrected chi connectivity index (χ3v) is 5.10. The molecule has 0 aliphatic carbocycles. The number of para-hydroxylation sites is 2. The molecule has 0 aliphatic heterocycles. The average Bonchev–Trinajstić information content (AvgIpc) is 3.26. The van der Waals surface area contributed by atoms with Gasteiger partial charge in [-0.1, -0.05) is 41.9 Å². The van der Waals surface area contributed by atoms with Crippen molar-refractivity contribution < 1.29 is 19.1 Å². The number of amides is 1. The third kappa shape index (κ3) is 4.71. The zero-order valence-corrected chi connectivity index (χ0v) is 16.7. The molecule has 2 aromatic carbocycles. The molecule has 0 saturated heterocycles. The molecule has 0 N–H and O–H groups in total. The van der Waals surface area contributed by atoms with Crippen LogP contribution in [0.4, 0.5) is 5.69 Å². The molecule has 1 amide bonds. The molecule has 0 unspecified atom stereocenters. The SMILES string of the molecule is CN(C(=O)c1cccs1)c1ccccc1C(=O)OCCOc1ccccc1Cl. The minimum atomic E-state index is -0.524. The Morgan fingerprint density at radius 1 is 1.00 bits per heavy atom. The number of carbonyl (C=O) groups excluding carboxylic acids is 2. The molecule has 0 radical (unpaired) electrons. The van der Waals surface area contributed by atoms with E-state index in [1.54, 1.807) is 55.6 Å². The Hall–Kier alpha value is -2.83. The van der Waals surface area contributed by atoms with E-state index in [2.05, 4.69) is 0 Å². The van der Waals surface area contributed by atoms with E-state index in [0.717, 1.165) is 0 Å². The molecule has 1 aromatic heterocycles. The van der Waals surface area contributed by atoms with Crippen molar-refractivity contribution in [3.63, 3.8) is 0 Å². The number of carbonyl (C=O) groups is 2. The third-order valence-electron chi connectivity index (χ3n) is 3.93. The minimum absolute atomic E-state index is 0.0565. The van der Waals surface area contributed by atoms with Crippen molar-refractivity contribution in [3.05, 3.63) is 81.5 Å². The van der Waals surface area contributed by atoms with E-state index in [4.69, 9.17) is 21.1 Å². The van der Waals surface area contributed by atoms with Crippen LogP contribution in [0.25, 0.3) is 0 Å². The van der Waals surface area contributed by atoms with Gasteiger partial charge in [-0.25, -0.2) is 4.79 Å². The summed E-state index contributed by atoms with van der Waals surface area (Å²) in [6, 6.07) is 17.5. The van der Waals surface area contributed by atoms with Crippen LogP contribution >= 0.6 is 22.9 Å². The zero-order chi connectivity index (χ0) is 19.9. The van der Waals surface area contributed by atoms with E-state index in [1.807, 2.05) is 17.5 Å². The van der Waals surface area contributed by atoms with Crippen molar-refractivity contribution in [3.8, 4) is 5.75 Å². The summed E-state index contributed by atoms with van der Waals surface area (Å²) in [7, 11) is 1.63. The quantitative estimate of drug-likeness (QED) is 0.406. The van der Waals surface area contributed by atoms with Crippen LogP contribution in [0.5, 0.6) is 5.75 Å². The van der Waals surface area contributed by atoms with Crippen LogP contribution < -0.4 is 9.64 Å².